The van der Waals surface area contributed by atoms with Crippen molar-refractivity contribution in [1.82, 2.24) is 15.5 Å². The molecule has 0 spiro atoms. The van der Waals surface area contributed by atoms with Gasteiger partial charge in [-0.3, -0.25) is 0 Å². The molecule has 0 aromatic carbocycles. The molecule has 0 atom stereocenters. The lowest BCUT2D eigenvalue weighted by Gasteiger charge is -2.22. The Hall–Kier alpha value is -0.960. The standard InChI is InChI=1S/C11H17N3/c1-8-7-9(2)13-14-11(8)10-3-5-12-6-4-10/h7,10,12H,3-6H2,1-2H3. The van der Waals surface area contributed by atoms with E-state index in [-0.39, 0.29) is 0 Å². The maximum atomic E-state index is 4.32. The zero-order valence-corrected chi connectivity index (χ0v) is 8.88. The molecule has 1 saturated heterocycles. The number of hydrogen-bond donors (Lipinski definition) is 1. The van der Waals surface area contributed by atoms with Gasteiger partial charge in [0.1, 0.15) is 0 Å². The molecule has 2 rings (SSSR count). The van der Waals surface area contributed by atoms with Crippen LogP contribution in [0.3, 0.4) is 0 Å². The van der Waals surface area contributed by atoms with Crippen molar-refractivity contribution in [3.05, 3.63) is 23.0 Å². The Balaban J connectivity index is 2.22. The number of hydrogen-bond acceptors (Lipinski definition) is 3. The van der Waals surface area contributed by atoms with E-state index < -0.39 is 0 Å². The van der Waals surface area contributed by atoms with Crippen LogP contribution in [-0.4, -0.2) is 23.3 Å². The van der Waals surface area contributed by atoms with Crippen molar-refractivity contribution in [2.24, 2.45) is 0 Å². The number of aryl methyl sites for hydroxylation is 2. The first kappa shape index (κ1) is 9.59. The molecule has 3 nitrogen and oxygen atoms in total. The lowest BCUT2D eigenvalue weighted by atomic mass is 9.92. The summed E-state index contributed by atoms with van der Waals surface area (Å²) in [6.07, 6.45) is 2.39. The van der Waals surface area contributed by atoms with Gasteiger partial charge in [-0.25, -0.2) is 0 Å². The van der Waals surface area contributed by atoms with Crippen LogP contribution in [0.2, 0.25) is 0 Å². The molecular formula is C11H17N3. The Labute approximate surface area is 84.9 Å². The third kappa shape index (κ3) is 1.93. The summed E-state index contributed by atoms with van der Waals surface area (Å²) in [4.78, 5) is 0. The molecule has 1 N–H and O–H groups in total. The maximum absolute atomic E-state index is 4.32. The van der Waals surface area contributed by atoms with Crippen LogP contribution in [0.5, 0.6) is 0 Å². The molecule has 3 heteroatoms. The SMILES string of the molecule is Cc1cc(C)c(C2CCNCC2)nn1. The van der Waals surface area contributed by atoms with Gasteiger partial charge in [-0.2, -0.15) is 10.2 Å². The Morgan fingerprint density at radius 2 is 1.93 bits per heavy atom. The molecule has 0 radical (unpaired) electrons. The molecular weight excluding hydrogens is 174 g/mol. The van der Waals surface area contributed by atoms with Crippen molar-refractivity contribution in [3.8, 4) is 0 Å². The second kappa shape index (κ2) is 4.05. The minimum atomic E-state index is 0.615. The monoisotopic (exact) mass is 191 g/mol. The van der Waals surface area contributed by atoms with Crippen molar-refractivity contribution >= 4 is 0 Å². The summed E-state index contributed by atoms with van der Waals surface area (Å²) in [5, 5.41) is 11.8. The average Bonchev–Trinajstić information content (AvgIpc) is 2.19. The van der Waals surface area contributed by atoms with Crippen molar-refractivity contribution in [3.63, 3.8) is 0 Å². The minimum Gasteiger partial charge on any atom is -0.317 e. The summed E-state index contributed by atoms with van der Waals surface area (Å²) in [5.74, 6) is 0.615. The van der Waals surface area contributed by atoms with Gasteiger partial charge in [-0.1, -0.05) is 0 Å². The van der Waals surface area contributed by atoms with E-state index in [2.05, 4.69) is 28.5 Å². The largest absolute Gasteiger partial charge is 0.317 e. The lowest BCUT2D eigenvalue weighted by molar-refractivity contribution is 0.448. The fourth-order valence-corrected chi connectivity index (χ4v) is 2.13. The summed E-state index contributed by atoms with van der Waals surface area (Å²) in [6, 6.07) is 2.13. The zero-order chi connectivity index (χ0) is 9.97. The zero-order valence-electron chi connectivity index (χ0n) is 8.88. The molecule has 1 aliphatic heterocycles. The van der Waals surface area contributed by atoms with Crippen LogP contribution in [0, 0.1) is 13.8 Å². The van der Waals surface area contributed by atoms with E-state index in [9.17, 15) is 0 Å². The maximum Gasteiger partial charge on any atom is 0.0692 e. The smallest absolute Gasteiger partial charge is 0.0692 e. The molecule has 1 fully saturated rings. The van der Waals surface area contributed by atoms with E-state index in [1.54, 1.807) is 0 Å². The fraction of sp³-hybridized carbons (Fsp3) is 0.636. The van der Waals surface area contributed by atoms with E-state index in [1.807, 2.05) is 6.92 Å². The third-order valence-electron chi connectivity index (χ3n) is 2.87. The molecule has 76 valence electrons. The molecule has 1 aromatic heterocycles. The highest BCUT2D eigenvalue weighted by Gasteiger charge is 2.18. The summed E-state index contributed by atoms with van der Waals surface area (Å²) in [7, 11) is 0. The van der Waals surface area contributed by atoms with Gasteiger partial charge < -0.3 is 5.32 Å². The van der Waals surface area contributed by atoms with Crippen LogP contribution < -0.4 is 5.32 Å². The van der Waals surface area contributed by atoms with Crippen LogP contribution >= 0.6 is 0 Å². The van der Waals surface area contributed by atoms with Crippen LogP contribution in [-0.2, 0) is 0 Å². The van der Waals surface area contributed by atoms with Gasteiger partial charge in [-0.15, -0.1) is 0 Å². The van der Waals surface area contributed by atoms with Crippen molar-refractivity contribution in [2.45, 2.75) is 32.6 Å². The van der Waals surface area contributed by atoms with Crippen LogP contribution in [0.25, 0.3) is 0 Å². The summed E-state index contributed by atoms with van der Waals surface area (Å²) in [5.41, 5.74) is 3.52. The summed E-state index contributed by atoms with van der Waals surface area (Å²) >= 11 is 0. The summed E-state index contributed by atoms with van der Waals surface area (Å²) < 4.78 is 0. The van der Waals surface area contributed by atoms with Gasteiger partial charge in [0.05, 0.1) is 11.4 Å². The van der Waals surface area contributed by atoms with E-state index in [4.69, 9.17) is 0 Å². The van der Waals surface area contributed by atoms with E-state index in [0.29, 0.717) is 5.92 Å². The quantitative estimate of drug-likeness (QED) is 0.732. The number of nitrogens with one attached hydrogen (secondary N) is 1. The van der Waals surface area contributed by atoms with Gasteiger partial charge in [-0.05, 0) is 51.4 Å². The van der Waals surface area contributed by atoms with Gasteiger partial charge in [0.25, 0.3) is 0 Å². The second-order valence-electron chi connectivity index (χ2n) is 4.08. The van der Waals surface area contributed by atoms with Gasteiger partial charge in [0.15, 0.2) is 0 Å². The molecule has 1 aliphatic rings. The Kier molecular flexibility index (Phi) is 2.77. The predicted octanol–water partition coefficient (Wildman–Crippen LogP) is 1.56. The van der Waals surface area contributed by atoms with E-state index in [0.717, 1.165) is 18.8 Å². The predicted molar refractivity (Wildman–Crippen MR) is 56.4 cm³/mol. The third-order valence-corrected chi connectivity index (χ3v) is 2.87. The first-order valence-corrected chi connectivity index (χ1v) is 5.29. The molecule has 0 aliphatic carbocycles. The Morgan fingerprint density at radius 3 is 2.57 bits per heavy atom. The van der Waals surface area contributed by atoms with Crippen LogP contribution in [0.1, 0.15) is 35.7 Å². The second-order valence-corrected chi connectivity index (χ2v) is 4.08. The minimum absolute atomic E-state index is 0.615. The molecule has 14 heavy (non-hydrogen) atoms. The van der Waals surface area contributed by atoms with Crippen molar-refractivity contribution < 1.29 is 0 Å². The summed E-state index contributed by atoms with van der Waals surface area (Å²) in [6.45, 7) is 6.35. The fourth-order valence-electron chi connectivity index (χ4n) is 2.13. The molecule has 2 heterocycles. The Morgan fingerprint density at radius 1 is 1.21 bits per heavy atom. The molecule has 0 saturated carbocycles. The highest BCUT2D eigenvalue weighted by atomic mass is 15.1. The first-order valence-electron chi connectivity index (χ1n) is 5.29. The molecule has 0 unspecified atom stereocenters. The first-order chi connectivity index (χ1) is 6.77. The molecule has 1 aromatic rings. The van der Waals surface area contributed by atoms with Gasteiger partial charge >= 0.3 is 0 Å². The number of aromatic nitrogens is 2. The number of nitrogens with zero attached hydrogens (tertiary/aromatic N) is 2. The number of rotatable bonds is 1. The highest BCUT2D eigenvalue weighted by Crippen LogP contribution is 2.25. The Bertz CT molecular complexity index is 316. The molecule has 0 bridgehead atoms. The highest BCUT2D eigenvalue weighted by molar-refractivity contribution is 5.22. The van der Waals surface area contributed by atoms with E-state index >= 15 is 0 Å². The van der Waals surface area contributed by atoms with Crippen molar-refractivity contribution in [2.75, 3.05) is 13.1 Å². The number of piperidine rings is 1. The molecule has 0 amide bonds. The average molecular weight is 191 g/mol. The normalized spacial score (nSPS) is 18.4. The van der Waals surface area contributed by atoms with Crippen LogP contribution in [0.15, 0.2) is 6.07 Å². The van der Waals surface area contributed by atoms with E-state index in [1.165, 1.54) is 24.1 Å². The van der Waals surface area contributed by atoms with Crippen molar-refractivity contribution in [1.29, 1.82) is 0 Å². The lowest BCUT2D eigenvalue weighted by Crippen LogP contribution is -2.27. The van der Waals surface area contributed by atoms with Crippen LogP contribution in [0.4, 0.5) is 0 Å². The van der Waals surface area contributed by atoms with Gasteiger partial charge in [0.2, 0.25) is 0 Å². The topological polar surface area (TPSA) is 37.8 Å². The van der Waals surface area contributed by atoms with Gasteiger partial charge in [0, 0.05) is 5.92 Å².